The summed E-state index contributed by atoms with van der Waals surface area (Å²) < 4.78 is 11.3. The Labute approximate surface area is 200 Å². The normalized spacial score (nSPS) is 22.6. The molecule has 0 spiro atoms. The van der Waals surface area contributed by atoms with E-state index in [9.17, 15) is 0 Å². The van der Waals surface area contributed by atoms with Crippen molar-refractivity contribution in [2.24, 2.45) is 0 Å². The Hall–Kier alpha value is -1.98. The number of ether oxygens (including phenoxy) is 2. The summed E-state index contributed by atoms with van der Waals surface area (Å²) in [5.41, 5.74) is 3.84. The van der Waals surface area contributed by atoms with Gasteiger partial charge in [-0.1, -0.05) is 38.7 Å². The van der Waals surface area contributed by atoms with Gasteiger partial charge in [0, 0.05) is 18.6 Å². The number of dihydropyridines is 1. The van der Waals surface area contributed by atoms with E-state index in [1.165, 1.54) is 74.7 Å². The monoisotopic (exact) mass is 453 g/mol. The van der Waals surface area contributed by atoms with Crippen LogP contribution in [0.2, 0.25) is 0 Å². The molecular weight excluding hydrogens is 410 g/mol. The van der Waals surface area contributed by atoms with E-state index in [2.05, 4.69) is 52.9 Å². The number of likely N-dealkylation sites (tertiary alicyclic amines) is 1. The molecule has 1 saturated heterocycles. The highest BCUT2D eigenvalue weighted by Crippen LogP contribution is 2.36. The van der Waals surface area contributed by atoms with E-state index in [4.69, 9.17) is 9.47 Å². The van der Waals surface area contributed by atoms with Crippen molar-refractivity contribution in [3.8, 4) is 11.5 Å². The molecule has 2 N–H and O–H groups in total. The molecule has 0 amide bonds. The quantitative estimate of drug-likeness (QED) is 0.543. The van der Waals surface area contributed by atoms with Crippen molar-refractivity contribution in [3.05, 3.63) is 47.2 Å². The van der Waals surface area contributed by atoms with E-state index >= 15 is 0 Å². The third kappa shape index (κ3) is 6.33. The molecule has 1 aliphatic carbocycles. The molecule has 0 bridgehead atoms. The standard InChI is InChI=1S/C28H43N3O2/c1-4-8-22-18-23(19-27(32-2)28(22)33-3)26-17-21(11-14-29-26)20-31-15-12-25(13-16-31)30-24-9-6-5-7-10-24/h11,14,17-19,24-26,29-30H,4-10,12-13,15-16,20H2,1-3H3. The lowest BCUT2D eigenvalue weighted by molar-refractivity contribution is 0.196. The van der Waals surface area contributed by atoms with Gasteiger partial charge in [-0.3, -0.25) is 4.90 Å². The second-order valence-electron chi connectivity index (χ2n) is 9.94. The largest absolute Gasteiger partial charge is 0.493 e. The smallest absolute Gasteiger partial charge is 0.163 e. The highest BCUT2D eigenvalue weighted by atomic mass is 16.5. The Morgan fingerprint density at radius 2 is 1.76 bits per heavy atom. The zero-order valence-corrected chi connectivity index (χ0v) is 20.9. The highest BCUT2D eigenvalue weighted by molar-refractivity contribution is 5.51. The van der Waals surface area contributed by atoms with Crippen LogP contribution in [0, 0.1) is 0 Å². The van der Waals surface area contributed by atoms with E-state index < -0.39 is 0 Å². The van der Waals surface area contributed by atoms with E-state index in [1.54, 1.807) is 14.2 Å². The number of aryl methyl sites for hydroxylation is 1. The molecule has 1 unspecified atom stereocenters. The van der Waals surface area contributed by atoms with Gasteiger partial charge in [0.1, 0.15) is 0 Å². The molecule has 5 nitrogen and oxygen atoms in total. The molecule has 33 heavy (non-hydrogen) atoms. The van der Waals surface area contributed by atoms with Crippen LogP contribution >= 0.6 is 0 Å². The van der Waals surface area contributed by atoms with Crippen LogP contribution < -0.4 is 20.1 Å². The van der Waals surface area contributed by atoms with Gasteiger partial charge in [-0.2, -0.15) is 0 Å². The maximum Gasteiger partial charge on any atom is 0.163 e. The van der Waals surface area contributed by atoms with Gasteiger partial charge in [-0.05, 0) is 86.3 Å². The third-order valence-corrected chi connectivity index (χ3v) is 7.48. The van der Waals surface area contributed by atoms with Gasteiger partial charge in [0.05, 0.1) is 20.3 Å². The zero-order chi connectivity index (χ0) is 23.0. The summed E-state index contributed by atoms with van der Waals surface area (Å²) in [7, 11) is 3.45. The number of methoxy groups -OCH3 is 2. The fourth-order valence-electron chi connectivity index (χ4n) is 5.69. The fourth-order valence-corrected chi connectivity index (χ4v) is 5.69. The SMILES string of the molecule is CCCc1cc(C2C=C(CN3CCC(NC4CCCCC4)CC3)C=CN2)cc(OC)c1OC. The Morgan fingerprint density at radius 1 is 1.00 bits per heavy atom. The number of piperidine rings is 1. The Bertz CT molecular complexity index is 821. The lowest BCUT2D eigenvalue weighted by Crippen LogP contribution is -2.47. The molecule has 3 aliphatic rings. The van der Waals surface area contributed by atoms with Crippen LogP contribution in [-0.2, 0) is 6.42 Å². The molecule has 1 saturated carbocycles. The molecule has 2 aliphatic heterocycles. The first-order chi connectivity index (χ1) is 16.2. The Kier molecular flexibility index (Phi) is 8.74. The summed E-state index contributed by atoms with van der Waals surface area (Å²) in [5.74, 6) is 1.68. The summed E-state index contributed by atoms with van der Waals surface area (Å²) in [6, 6.07) is 6.03. The predicted octanol–water partition coefficient (Wildman–Crippen LogP) is 5.13. The first kappa shape index (κ1) is 24.2. The molecule has 1 atom stereocenters. The number of hydrogen-bond acceptors (Lipinski definition) is 5. The Balaban J connectivity index is 1.36. The minimum atomic E-state index is 0.158. The van der Waals surface area contributed by atoms with E-state index in [0.717, 1.165) is 36.9 Å². The third-order valence-electron chi connectivity index (χ3n) is 7.48. The van der Waals surface area contributed by atoms with Crippen LogP contribution in [0.3, 0.4) is 0 Å². The highest BCUT2D eigenvalue weighted by Gasteiger charge is 2.24. The fraction of sp³-hybridized carbons (Fsp3) is 0.643. The first-order valence-corrected chi connectivity index (χ1v) is 13.1. The maximum atomic E-state index is 5.66. The van der Waals surface area contributed by atoms with Crippen molar-refractivity contribution in [2.75, 3.05) is 33.9 Å². The average molecular weight is 454 g/mol. The summed E-state index contributed by atoms with van der Waals surface area (Å²) in [5, 5.41) is 7.49. The number of nitrogens with zero attached hydrogens (tertiary/aromatic N) is 1. The van der Waals surface area contributed by atoms with E-state index in [1.807, 2.05) is 0 Å². The van der Waals surface area contributed by atoms with Crippen LogP contribution in [-0.4, -0.2) is 50.8 Å². The minimum absolute atomic E-state index is 0.158. The maximum absolute atomic E-state index is 5.66. The van der Waals surface area contributed by atoms with Crippen LogP contribution in [0.15, 0.2) is 36.1 Å². The lowest BCUT2D eigenvalue weighted by atomic mass is 9.93. The second-order valence-corrected chi connectivity index (χ2v) is 9.94. The lowest BCUT2D eigenvalue weighted by Gasteiger charge is -2.36. The molecule has 182 valence electrons. The number of benzene rings is 1. The van der Waals surface area contributed by atoms with Gasteiger partial charge in [-0.25, -0.2) is 0 Å². The zero-order valence-electron chi connectivity index (χ0n) is 20.9. The molecule has 0 aromatic heterocycles. The van der Waals surface area contributed by atoms with Gasteiger partial charge >= 0.3 is 0 Å². The molecule has 2 heterocycles. The molecule has 1 aromatic rings. The first-order valence-electron chi connectivity index (χ1n) is 13.1. The summed E-state index contributed by atoms with van der Waals surface area (Å²) in [4.78, 5) is 2.62. The van der Waals surface area contributed by atoms with Crippen LogP contribution in [0.25, 0.3) is 0 Å². The summed E-state index contributed by atoms with van der Waals surface area (Å²) in [6.45, 7) is 5.60. The molecule has 1 aromatic carbocycles. The molecular formula is C28H43N3O2. The van der Waals surface area contributed by atoms with Gasteiger partial charge in [0.15, 0.2) is 11.5 Å². The van der Waals surface area contributed by atoms with E-state index in [0.29, 0.717) is 6.04 Å². The van der Waals surface area contributed by atoms with Crippen molar-refractivity contribution >= 4 is 0 Å². The number of hydrogen-bond donors (Lipinski definition) is 2. The van der Waals surface area contributed by atoms with Gasteiger partial charge in [0.25, 0.3) is 0 Å². The van der Waals surface area contributed by atoms with Crippen molar-refractivity contribution in [1.82, 2.24) is 15.5 Å². The topological polar surface area (TPSA) is 45.8 Å². The summed E-state index contributed by atoms with van der Waals surface area (Å²) in [6.07, 6.45) is 18.3. The van der Waals surface area contributed by atoms with Crippen molar-refractivity contribution in [3.63, 3.8) is 0 Å². The Morgan fingerprint density at radius 3 is 2.45 bits per heavy atom. The molecule has 0 radical (unpaired) electrons. The van der Waals surface area contributed by atoms with Crippen LogP contribution in [0.4, 0.5) is 0 Å². The average Bonchev–Trinajstić information content (AvgIpc) is 2.86. The summed E-state index contributed by atoms with van der Waals surface area (Å²) >= 11 is 0. The predicted molar refractivity (Wildman–Crippen MR) is 136 cm³/mol. The molecule has 2 fully saturated rings. The van der Waals surface area contributed by atoms with Crippen molar-refractivity contribution in [2.45, 2.75) is 82.8 Å². The van der Waals surface area contributed by atoms with Gasteiger partial charge in [-0.15, -0.1) is 0 Å². The van der Waals surface area contributed by atoms with Crippen molar-refractivity contribution < 1.29 is 9.47 Å². The number of rotatable bonds is 9. The van der Waals surface area contributed by atoms with Gasteiger partial charge < -0.3 is 20.1 Å². The molecule has 5 heteroatoms. The van der Waals surface area contributed by atoms with Gasteiger partial charge in [0.2, 0.25) is 0 Å². The van der Waals surface area contributed by atoms with Crippen molar-refractivity contribution in [1.29, 1.82) is 0 Å². The van der Waals surface area contributed by atoms with E-state index in [-0.39, 0.29) is 6.04 Å². The number of nitrogens with one attached hydrogen (secondary N) is 2. The van der Waals surface area contributed by atoms with Crippen LogP contribution in [0.1, 0.15) is 75.5 Å². The molecule has 4 rings (SSSR count). The minimum Gasteiger partial charge on any atom is -0.493 e. The van der Waals surface area contributed by atoms with Crippen LogP contribution in [0.5, 0.6) is 11.5 Å². The second kappa shape index (κ2) is 11.9.